The SMILES string of the molecule is C#Cc1ccc(C(C(=O)NC(C)C)N(CC=C)C(=O)C(C)NC(=O)OC(C)(C)C)cc1. The van der Waals surface area contributed by atoms with E-state index in [1.807, 2.05) is 13.8 Å². The Morgan fingerprint density at radius 3 is 2.19 bits per heavy atom. The smallest absolute Gasteiger partial charge is 0.408 e. The van der Waals surface area contributed by atoms with E-state index in [0.29, 0.717) is 11.1 Å². The highest BCUT2D eigenvalue weighted by Crippen LogP contribution is 2.23. The van der Waals surface area contributed by atoms with Gasteiger partial charge < -0.3 is 20.3 Å². The van der Waals surface area contributed by atoms with Gasteiger partial charge in [-0.3, -0.25) is 9.59 Å². The lowest BCUT2D eigenvalue weighted by atomic mass is 10.0. The Hall–Kier alpha value is -3.27. The van der Waals surface area contributed by atoms with Crippen LogP contribution in [0.15, 0.2) is 36.9 Å². The first-order chi connectivity index (χ1) is 14.4. The molecule has 7 heteroatoms. The lowest BCUT2D eigenvalue weighted by Crippen LogP contribution is -2.52. The Morgan fingerprint density at radius 2 is 1.74 bits per heavy atom. The maximum Gasteiger partial charge on any atom is 0.408 e. The van der Waals surface area contributed by atoms with Gasteiger partial charge in [0.2, 0.25) is 11.8 Å². The van der Waals surface area contributed by atoms with Crippen LogP contribution in [0.4, 0.5) is 4.79 Å². The fourth-order valence-corrected chi connectivity index (χ4v) is 2.85. The molecule has 0 saturated carbocycles. The molecule has 1 rings (SSSR count). The van der Waals surface area contributed by atoms with Crippen molar-refractivity contribution in [2.24, 2.45) is 0 Å². The number of carbonyl (C=O) groups excluding carboxylic acids is 3. The maximum atomic E-state index is 13.3. The maximum absolute atomic E-state index is 13.3. The molecule has 2 unspecified atom stereocenters. The number of nitrogens with zero attached hydrogens (tertiary/aromatic N) is 1. The van der Waals surface area contributed by atoms with Crippen molar-refractivity contribution in [2.75, 3.05) is 6.54 Å². The zero-order valence-electron chi connectivity index (χ0n) is 19.2. The van der Waals surface area contributed by atoms with Gasteiger partial charge in [-0.1, -0.05) is 24.1 Å². The molecular formula is C24H33N3O4. The topological polar surface area (TPSA) is 87.7 Å². The van der Waals surface area contributed by atoms with Gasteiger partial charge in [0, 0.05) is 18.2 Å². The van der Waals surface area contributed by atoms with Crippen LogP contribution in [0.5, 0.6) is 0 Å². The molecule has 7 nitrogen and oxygen atoms in total. The summed E-state index contributed by atoms with van der Waals surface area (Å²) in [5, 5.41) is 5.39. The quantitative estimate of drug-likeness (QED) is 0.493. The summed E-state index contributed by atoms with van der Waals surface area (Å²) in [7, 11) is 0. The molecule has 0 heterocycles. The molecule has 0 saturated heterocycles. The summed E-state index contributed by atoms with van der Waals surface area (Å²) in [6.45, 7) is 14.2. The first kappa shape index (κ1) is 25.8. The standard InChI is InChI=1S/C24H33N3O4/c1-9-15-27(22(29)17(5)26-23(30)31-24(6,7)8)20(21(28)25-16(3)4)19-13-11-18(10-2)12-14-19/h2,9,11-14,16-17,20H,1,15H2,3-8H3,(H,25,28)(H,26,30). The second kappa shape index (κ2) is 11.2. The third kappa shape index (κ3) is 8.17. The molecule has 1 aromatic rings. The third-order valence-corrected chi connectivity index (χ3v) is 4.10. The molecule has 2 atom stereocenters. The summed E-state index contributed by atoms with van der Waals surface area (Å²) in [6, 6.07) is 4.88. The minimum Gasteiger partial charge on any atom is -0.444 e. The average Bonchev–Trinajstić information content (AvgIpc) is 2.65. The number of benzene rings is 1. The number of rotatable bonds is 8. The minimum atomic E-state index is -0.928. The zero-order chi connectivity index (χ0) is 23.8. The molecule has 0 aliphatic heterocycles. The van der Waals surface area contributed by atoms with Gasteiger partial charge in [0.1, 0.15) is 17.7 Å². The van der Waals surface area contributed by atoms with Gasteiger partial charge in [0.05, 0.1) is 0 Å². The normalized spacial score (nSPS) is 12.8. The number of hydrogen-bond donors (Lipinski definition) is 2. The van der Waals surface area contributed by atoms with Crippen LogP contribution < -0.4 is 10.6 Å². The summed E-state index contributed by atoms with van der Waals surface area (Å²) in [5.41, 5.74) is 0.552. The summed E-state index contributed by atoms with van der Waals surface area (Å²) in [4.78, 5) is 39.8. The summed E-state index contributed by atoms with van der Waals surface area (Å²) in [6.07, 6.45) is 6.24. The van der Waals surface area contributed by atoms with Crippen LogP contribution in [0.1, 0.15) is 58.7 Å². The molecule has 2 N–H and O–H groups in total. The fourth-order valence-electron chi connectivity index (χ4n) is 2.85. The molecule has 168 valence electrons. The van der Waals surface area contributed by atoms with Crippen LogP contribution in [-0.4, -0.2) is 47.0 Å². The second-order valence-electron chi connectivity index (χ2n) is 8.48. The Labute approximate surface area is 185 Å². The zero-order valence-corrected chi connectivity index (χ0v) is 19.2. The van der Waals surface area contributed by atoms with E-state index in [-0.39, 0.29) is 18.5 Å². The minimum absolute atomic E-state index is 0.103. The number of carbonyl (C=O) groups is 3. The predicted molar refractivity (Wildman–Crippen MR) is 121 cm³/mol. The van der Waals surface area contributed by atoms with E-state index in [1.54, 1.807) is 52.0 Å². The molecule has 0 spiro atoms. The number of terminal acetylenes is 1. The van der Waals surface area contributed by atoms with Crippen molar-refractivity contribution >= 4 is 17.9 Å². The van der Waals surface area contributed by atoms with Gasteiger partial charge in [-0.25, -0.2) is 4.79 Å². The highest BCUT2D eigenvalue weighted by Gasteiger charge is 2.34. The highest BCUT2D eigenvalue weighted by molar-refractivity contribution is 5.92. The third-order valence-electron chi connectivity index (χ3n) is 4.10. The van der Waals surface area contributed by atoms with Gasteiger partial charge in [-0.2, -0.15) is 0 Å². The average molecular weight is 428 g/mol. The van der Waals surface area contributed by atoms with Crippen LogP contribution in [0, 0.1) is 12.3 Å². The molecule has 0 fully saturated rings. The van der Waals surface area contributed by atoms with Crippen LogP contribution in [0.3, 0.4) is 0 Å². The fraction of sp³-hybridized carbons (Fsp3) is 0.458. The van der Waals surface area contributed by atoms with Crippen LogP contribution in [0.2, 0.25) is 0 Å². The van der Waals surface area contributed by atoms with E-state index in [1.165, 1.54) is 11.0 Å². The van der Waals surface area contributed by atoms with Crippen molar-refractivity contribution in [3.8, 4) is 12.3 Å². The van der Waals surface area contributed by atoms with Crippen LogP contribution >= 0.6 is 0 Å². The molecular weight excluding hydrogens is 394 g/mol. The number of nitrogens with one attached hydrogen (secondary N) is 2. The van der Waals surface area contributed by atoms with Crippen LogP contribution in [-0.2, 0) is 14.3 Å². The number of alkyl carbamates (subject to hydrolysis) is 1. The van der Waals surface area contributed by atoms with Gasteiger partial charge in [-0.15, -0.1) is 13.0 Å². The monoisotopic (exact) mass is 427 g/mol. The van der Waals surface area contributed by atoms with Crippen LogP contribution in [0.25, 0.3) is 0 Å². The van der Waals surface area contributed by atoms with Crippen molar-refractivity contribution in [3.05, 3.63) is 48.0 Å². The van der Waals surface area contributed by atoms with Crippen molar-refractivity contribution in [1.29, 1.82) is 0 Å². The molecule has 0 aromatic heterocycles. The second-order valence-corrected chi connectivity index (χ2v) is 8.48. The van der Waals surface area contributed by atoms with Gasteiger partial charge in [-0.05, 0) is 59.2 Å². The predicted octanol–water partition coefficient (Wildman–Crippen LogP) is 3.16. The molecule has 31 heavy (non-hydrogen) atoms. The van der Waals surface area contributed by atoms with E-state index in [4.69, 9.17) is 11.2 Å². The molecule has 0 aliphatic rings. The van der Waals surface area contributed by atoms with Gasteiger partial charge in [0.15, 0.2) is 0 Å². The largest absolute Gasteiger partial charge is 0.444 e. The Morgan fingerprint density at radius 1 is 1.16 bits per heavy atom. The van der Waals surface area contributed by atoms with E-state index in [2.05, 4.69) is 23.1 Å². The van der Waals surface area contributed by atoms with Crippen molar-refractivity contribution in [3.63, 3.8) is 0 Å². The van der Waals surface area contributed by atoms with Gasteiger partial charge >= 0.3 is 6.09 Å². The Bertz CT molecular complexity index is 832. The number of ether oxygens (including phenoxy) is 1. The molecule has 0 bridgehead atoms. The molecule has 0 aliphatic carbocycles. The number of amides is 3. The molecule has 3 amide bonds. The van der Waals surface area contributed by atoms with E-state index >= 15 is 0 Å². The Balaban J connectivity index is 3.26. The lowest BCUT2D eigenvalue weighted by Gasteiger charge is -2.33. The van der Waals surface area contributed by atoms with Gasteiger partial charge in [0.25, 0.3) is 0 Å². The number of hydrogen-bond acceptors (Lipinski definition) is 4. The van der Waals surface area contributed by atoms with Crippen molar-refractivity contribution < 1.29 is 19.1 Å². The highest BCUT2D eigenvalue weighted by atomic mass is 16.6. The molecule has 1 aromatic carbocycles. The summed E-state index contributed by atoms with van der Waals surface area (Å²) < 4.78 is 5.23. The summed E-state index contributed by atoms with van der Waals surface area (Å²) in [5.74, 6) is 1.74. The van der Waals surface area contributed by atoms with Crippen molar-refractivity contribution in [1.82, 2.24) is 15.5 Å². The van der Waals surface area contributed by atoms with E-state index < -0.39 is 29.7 Å². The Kier molecular flexibility index (Phi) is 9.32. The van der Waals surface area contributed by atoms with Crippen molar-refractivity contribution in [2.45, 2.75) is 65.3 Å². The summed E-state index contributed by atoms with van der Waals surface area (Å²) >= 11 is 0. The van der Waals surface area contributed by atoms with E-state index in [0.717, 1.165) is 0 Å². The molecule has 0 radical (unpaired) electrons. The first-order valence-corrected chi connectivity index (χ1v) is 10.2. The first-order valence-electron chi connectivity index (χ1n) is 10.2. The lowest BCUT2D eigenvalue weighted by molar-refractivity contribution is -0.141. The van der Waals surface area contributed by atoms with E-state index in [9.17, 15) is 14.4 Å².